The van der Waals surface area contributed by atoms with Gasteiger partial charge in [0.25, 0.3) is 0 Å². The molecule has 0 saturated heterocycles. The Balaban J connectivity index is 2.19. The van der Waals surface area contributed by atoms with Crippen LogP contribution in [0.4, 0.5) is 0 Å². The van der Waals surface area contributed by atoms with Gasteiger partial charge in [0.05, 0.1) is 6.61 Å². The average molecular weight is 73.1 g/mol. The van der Waals surface area contributed by atoms with Crippen LogP contribution in [0.15, 0.2) is 0 Å². The maximum absolute atomic E-state index is 9.53. The van der Waals surface area contributed by atoms with Crippen LogP contribution in [0.5, 0.6) is 0 Å². The van der Waals surface area contributed by atoms with Gasteiger partial charge in [-0.15, -0.1) is 0 Å². The van der Waals surface area contributed by atoms with Crippen LogP contribution in [0.25, 0.3) is 0 Å². The van der Waals surface area contributed by atoms with Crippen LogP contribution in [0.2, 0.25) is 0 Å². The monoisotopic (exact) mass is 73.1 g/mol. The Morgan fingerprint density at radius 1 is 1.60 bits per heavy atom. The van der Waals surface area contributed by atoms with Gasteiger partial charge in [-0.05, 0) is 6.42 Å². The lowest BCUT2D eigenvalue weighted by atomic mass is 10.4. The van der Waals surface area contributed by atoms with Crippen LogP contribution in [-0.4, -0.2) is 6.61 Å². The van der Waals surface area contributed by atoms with Crippen molar-refractivity contribution in [3.63, 3.8) is 0 Å². The highest BCUT2D eigenvalue weighted by Gasteiger charge is 1.71. The zero-order valence-corrected chi connectivity index (χ0v) is 3.53. The van der Waals surface area contributed by atoms with Gasteiger partial charge in [-0.1, -0.05) is 13.3 Å². The van der Waals surface area contributed by atoms with E-state index in [-0.39, 0.29) is 6.61 Å². The standard InChI is InChI=1S/C4H9O/c1-2-3-4-5/h2-4H2,1H3. The summed E-state index contributed by atoms with van der Waals surface area (Å²) in [4.78, 5) is 0. The molecule has 1 radical (unpaired) electrons. The maximum Gasteiger partial charge on any atom is 0.0822 e. The third kappa shape index (κ3) is 3.96. The molecule has 0 aliphatic heterocycles. The largest absolute Gasteiger partial charge is 0.237 e. The molecular formula is C4H9O. The second-order valence-electron chi connectivity index (χ2n) is 1.06. The molecule has 0 amide bonds. The number of rotatable bonds is 2. The number of unbranched alkanes of at least 4 members (excludes halogenated alkanes) is 1. The van der Waals surface area contributed by atoms with Gasteiger partial charge >= 0.3 is 0 Å². The third-order valence-electron chi connectivity index (χ3n) is 0.498. The molecule has 0 atom stereocenters. The summed E-state index contributed by atoms with van der Waals surface area (Å²) < 4.78 is 0. The fourth-order valence-electron chi connectivity index (χ4n) is 0.144. The van der Waals surface area contributed by atoms with E-state index in [2.05, 4.69) is 0 Å². The molecule has 0 N–H and O–H groups in total. The normalized spacial score (nSPS) is 8.40. The first-order valence-electron chi connectivity index (χ1n) is 2.00. The predicted molar refractivity (Wildman–Crippen MR) is 20.5 cm³/mol. The van der Waals surface area contributed by atoms with Crippen LogP contribution in [0.1, 0.15) is 19.8 Å². The molecule has 0 heterocycles. The molecule has 0 unspecified atom stereocenters. The summed E-state index contributed by atoms with van der Waals surface area (Å²) in [5.74, 6) is 0. The van der Waals surface area contributed by atoms with Gasteiger partial charge in [0, 0.05) is 0 Å². The SMILES string of the molecule is CCCC[O]. The number of hydrogen-bond acceptors (Lipinski definition) is 0. The molecule has 0 aliphatic rings. The van der Waals surface area contributed by atoms with E-state index in [9.17, 15) is 5.11 Å². The van der Waals surface area contributed by atoms with Gasteiger partial charge in [-0.2, -0.15) is 0 Å². The summed E-state index contributed by atoms with van der Waals surface area (Å²) in [5, 5.41) is 9.53. The molecule has 0 aromatic heterocycles. The van der Waals surface area contributed by atoms with Crippen molar-refractivity contribution in [2.45, 2.75) is 19.8 Å². The van der Waals surface area contributed by atoms with Gasteiger partial charge in [0.15, 0.2) is 0 Å². The highest BCUT2D eigenvalue weighted by molar-refractivity contribution is 4.22. The molecule has 31 valence electrons. The molecule has 1 nitrogen and oxygen atoms in total. The van der Waals surface area contributed by atoms with Gasteiger partial charge < -0.3 is 0 Å². The topological polar surface area (TPSA) is 19.9 Å². The van der Waals surface area contributed by atoms with Crippen molar-refractivity contribution in [1.29, 1.82) is 0 Å². The zero-order valence-electron chi connectivity index (χ0n) is 3.53. The zero-order chi connectivity index (χ0) is 4.12. The van der Waals surface area contributed by atoms with Gasteiger partial charge in [-0.3, -0.25) is 0 Å². The van der Waals surface area contributed by atoms with Crippen molar-refractivity contribution in [3.05, 3.63) is 0 Å². The molecule has 0 aromatic carbocycles. The highest BCUT2D eigenvalue weighted by atomic mass is 16.2. The Hall–Kier alpha value is -0.0400. The Labute approximate surface area is 32.6 Å². The molecule has 0 saturated carbocycles. The van der Waals surface area contributed by atoms with E-state index in [1.165, 1.54) is 0 Å². The van der Waals surface area contributed by atoms with Crippen LogP contribution >= 0.6 is 0 Å². The Kier molecular flexibility index (Phi) is 3.93. The molecule has 0 aliphatic carbocycles. The van der Waals surface area contributed by atoms with Crippen LogP contribution < -0.4 is 0 Å². The lowest BCUT2D eigenvalue weighted by Gasteiger charge is -1.76. The Bertz CT molecular complexity index is 11.1. The second-order valence-corrected chi connectivity index (χ2v) is 1.06. The van der Waals surface area contributed by atoms with E-state index in [1.807, 2.05) is 6.92 Å². The minimum Gasteiger partial charge on any atom is -0.237 e. The van der Waals surface area contributed by atoms with E-state index in [1.54, 1.807) is 0 Å². The van der Waals surface area contributed by atoms with Crippen LogP contribution in [0.3, 0.4) is 0 Å². The van der Waals surface area contributed by atoms with Crippen molar-refractivity contribution in [1.82, 2.24) is 0 Å². The summed E-state index contributed by atoms with van der Waals surface area (Å²) in [7, 11) is 0. The van der Waals surface area contributed by atoms with Crippen molar-refractivity contribution in [3.8, 4) is 0 Å². The highest BCUT2D eigenvalue weighted by Crippen LogP contribution is 1.79. The van der Waals surface area contributed by atoms with E-state index in [0.29, 0.717) is 0 Å². The molecular weight excluding hydrogens is 64.0 g/mol. The molecule has 0 aromatic rings. The third-order valence-corrected chi connectivity index (χ3v) is 0.498. The summed E-state index contributed by atoms with van der Waals surface area (Å²) >= 11 is 0. The molecule has 0 fully saturated rings. The van der Waals surface area contributed by atoms with Crippen LogP contribution in [-0.2, 0) is 5.11 Å². The fourth-order valence-corrected chi connectivity index (χ4v) is 0.144. The van der Waals surface area contributed by atoms with Gasteiger partial charge in [0.2, 0.25) is 0 Å². The van der Waals surface area contributed by atoms with Crippen LogP contribution in [0, 0.1) is 0 Å². The lowest BCUT2D eigenvalue weighted by molar-refractivity contribution is 0.188. The Morgan fingerprint density at radius 3 is 2.20 bits per heavy atom. The number of hydrogen-bond donors (Lipinski definition) is 0. The first kappa shape index (κ1) is 4.96. The van der Waals surface area contributed by atoms with Crippen molar-refractivity contribution in [2.75, 3.05) is 6.61 Å². The molecule has 0 spiro atoms. The summed E-state index contributed by atoms with van der Waals surface area (Å²) in [5.41, 5.74) is 0. The summed E-state index contributed by atoms with van der Waals surface area (Å²) in [6.07, 6.45) is 1.86. The average Bonchev–Trinajstić information content (AvgIpc) is 1.41. The summed E-state index contributed by atoms with van der Waals surface area (Å²) in [6.45, 7) is 2.11. The smallest absolute Gasteiger partial charge is 0.0822 e. The van der Waals surface area contributed by atoms with Crippen molar-refractivity contribution < 1.29 is 5.11 Å². The minimum atomic E-state index is 0.0938. The predicted octanol–water partition coefficient (Wildman–Crippen LogP) is 1.22. The Morgan fingerprint density at radius 2 is 2.20 bits per heavy atom. The van der Waals surface area contributed by atoms with E-state index < -0.39 is 0 Å². The minimum absolute atomic E-state index is 0.0938. The van der Waals surface area contributed by atoms with E-state index >= 15 is 0 Å². The van der Waals surface area contributed by atoms with E-state index in [4.69, 9.17) is 0 Å². The second kappa shape index (κ2) is 3.96. The van der Waals surface area contributed by atoms with Crippen molar-refractivity contribution in [2.24, 2.45) is 0 Å². The molecule has 5 heavy (non-hydrogen) atoms. The van der Waals surface area contributed by atoms with Gasteiger partial charge in [0.1, 0.15) is 0 Å². The fraction of sp³-hybridized carbons (Fsp3) is 1.00. The first-order chi connectivity index (χ1) is 2.41. The molecule has 0 rings (SSSR count). The van der Waals surface area contributed by atoms with E-state index in [0.717, 1.165) is 12.8 Å². The quantitative estimate of drug-likeness (QED) is 0.468. The lowest BCUT2D eigenvalue weighted by Crippen LogP contribution is -1.72. The van der Waals surface area contributed by atoms with Crippen molar-refractivity contribution >= 4 is 0 Å². The maximum atomic E-state index is 9.53. The summed E-state index contributed by atoms with van der Waals surface area (Å²) in [6, 6.07) is 0. The van der Waals surface area contributed by atoms with Gasteiger partial charge in [-0.25, -0.2) is 5.11 Å². The molecule has 1 heteroatoms. The first-order valence-corrected chi connectivity index (χ1v) is 2.00. The molecule has 0 bridgehead atoms.